The summed E-state index contributed by atoms with van der Waals surface area (Å²) < 4.78 is 5.79. The molecule has 0 aliphatic carbocycles. The van der Waals surface area contributed by atoms with Crippen LogP contribution in [0.3, 0.4) is 0 Å². The monoisotopic (exact) mass is 496 g/mol. The number of hydrogen-bond acceptors (Lipinski definition) is 4. The number of carboxylic acid groups (broad SMARTS) is 2. The minimum atomic E-state index is -1.34. The van der Waals surface area contributed by atoms with Crippen molar-refractivity contribution in [3.8, 4) is 11.5 Å². The smallest absolute Gasteiger partial charge is 0.337 e. The summed E-state index contributed by atoms with van der Waals surface area (Å²) in [5, 5.41) is 21.9. The Hall–Kier alpha value is -5.11. The fourth-order valence-corrected chi connectivity index (χ4v) is 3.68. The molecule has 0 heterocycles. The standard InChI is InChI=1S/C29H24N2O6/c32-27(33)22-13-16-26(25(17-22)28(34)35)31(19-21-7-3-1-4-8-21)29(36)30-18-20-11-14-24(15-12-20)37-23-9-5-2-6-10-23/h1-17H,18-19H2,(H,30,36)(H,32,33)(H,34,35). The molecule has 37 heavy (non-hydrogen) atoms. The van der Waals surface area contributed by atoms with E-state index in [9.17, 15) is 24.6 Å². The molecule has 0 bridgehead atoms. The molecule has 0 saturated carbocycles. The molecule has 8 nitrogen and oxygen atoms in total. The topological polar surface area (TPSA) is 116 Å². The average molecular weight is 497 g/mol. The Morgan fingerprint density at radius 3 is 1.95 bits per heavy atom. The number of hydrogen-bond donors (Lipinski definition) is 3. The van der Waals surface area contributed by atoms with E-state index < -0.39 is 18.0 Å². The normalized spacial score (nSPS) is 10.4. The molecule has 0 unspecified atom stereocenters. The first-order valence-corrected chi connectivity index (χ1v) is 11.4. The number of urea groups is 1. The van der Waals surface area contributed by atoms with Crippen LogP contribution in [-0.2, 0) is 13.1 Å². The minimum absolute atomic E-state index is 0.0865. The van der Waals surface area contributed by atoms with Crippen LogP contribution in [0.2, 0.25) is 0 Å². The first kappa shape index (κ1) is 25.0. The Morgan fingerprint density at radius 1 is 0.703 bits per heavy atom. The molecule has 2 amide bonds. The zero-order chi connectivity index (χ0) is 26.2. The largest absolute Gasteiger partial charge is 0.478 e. The van der Waals surface area contributed by atoms with Gasteiger partial charge in [-0.3, -0.25) is 4.90 Å². The van der Waals surface area contributed by atoms with Gasteiger partial charge in [-0.2, -0.15) is 0 Å². The molecule has 4 aromatic rings. The number of carbonyl (C=O) groups excluding carboxylic acids is 1. The molecule has 186 valence electrons. The maximum absolute atomic E-state index is 13.3. The van der Waals surface area contributed by atoms with Gasteiger partial charge in [-0.05, 0) is 53.6 Å². The van der Waals surface area contributed by atoms with Crippen molar-refractivity contribution in [3.63, 3.8) is 0 Å². The molecular weight excluding hydrogens is 472 g/mol. The second-order valence-corrected chi connectivity index (χ2v) is 8.13. The molecule has 0 atom stereocenters. The van der Waals surface area contributed by atoms with Gasteiger partial charge >= 0.3 is 18.0 Å². The summed E-state index contributed by atoms with van der Waals surface area (Å²) in [5.41, 5.74) is 1.21. The Kier molecular flexibility index (Phi) is 7.80. The molecule has 0 aliphatic rings. The fourth-order valence-electron chi connectivity index (χ4n) is 3.68. The van der Waals surface area contributed by atoms with Crippen molar-refractivity contribution in [2.75, 3.05) is 4.90 Å². The molecular formula is C29H24N2O6. The number of benzene rings is 4. The Bertz CT molecular complexity index is 1390. The van der Waals surface area contributed by atoms with E-state index in [-0.39, 0.29) is 29.9 Å². The lowest BCUT2D eigenvalue weighted by Crippen LogP contribution is -2.40. The summed E-state index contributed by atoms with van der Waals surface area (Å²) in [6.07, 6.45) is 0. The van der Waals surface area contributed by atoms with Crippen LogP contribution < -0.4 is 15.0 Å². The van der Waals surface area contributed by atoms with Crippen molar-refractivity contribution in [3.05, 3.63) is 125 Å². The average Bonchev–Trinajstić information content (AvgIpc) is 2.92. The van der Waals surface area contributed by atoms with Gasteiger partial charge in [-0.25, -0.2) is 14.4 Å². The lowest BCUT2D eigenvalue weighted by molar-refractivity contribution is 0.0696. The van der Waals surface area contributed by atoms with Crippen LogP contribution in [-0.4, -0.2) is 28.2 Å². The highest BCUT2D eigenvalue weighted by Crippen LogP contribution is 2.25. The molecule has 0 fully saturated rings. The van der Waals surface area contributed by atoms with Crippen LogP contribution in [0.4, 0.5) is 10.5 Å². The third-order valence-electron chi connectivity index (χ3n) is 5.54. The summed E-state index contributed by atoms with van der Waals surface area (Å²) in [5.74, 6) is -1.23. The van der Waals surface area contributed by atoms with Gasteiger partial charge in [0.1, 0.15) is 11.5 Å². The summed E-state index contributed by atoms with van der Waals surface area (Å²) >= 11 is 0. The summed E-state index contributed by atoms with van der Waals surface area (Å²) in [6, 6.07) is 28.8. The van der Waals surface area contributed by atoms with E-state index in [2.05, 4.69) is 5.32 Å². The van der Waals surface area contributed by atoms with E-state index in [1.807, 2.05) is 72.8 Å². The van der Waals surface area contributed by atoms with Crippen molar-refractivity contribution >= 4 is 23.7 Å². The van der Waals surface area contributed by atoms with Crippen molar-refractivity contribution in [1.29, 1.82) is 0 Å². The number of nitrogens with zero attached hydrogens (tertiary/aromatic N) is 1. The summed E-state index contributed by atoms with van der Waals surface area (Å²) in [6.45, 7) is 0.272. The molecule has 0 spiro atoms. The molecule has 4 aromatic carbocycles. The first-order valence-electron chi connectivity index (χ1n) is 11.4. The van der Waals surface area contributed by atoms with Gasteiger partial charge < -0.3 is 20.3 Å². The van der Waals surface area contributed by atoms with E-state index in [0.717, 1.165) is 17.2 Å². The van der Waals surface area contributed by atoms with Gasteiger partial charge in [0, 0.05) is 6.54 Å². The molecule has 0 radical (unpaired) electrons. The fraction of sp³-hybridized carbons (Fsp3) is 0.0690. The number of aromatic carboxylic acids is 2. The molecule has 8 heteroatoms. The molecule has 4 rings (SSSR count). The SMILES string of the molecule is O=C(O)c1ccc(N(Cc2ccccc2)C(=O)NCc2ccc(Oc3ccccc3)cc2)c(C(=O)O)c1. The lowest BCUT2D eigenvalue weighted by Gasteiger charge is -2.25. The highest BCUT2D eigenvalue weighted by Gasteiger charge is 2.23. The third-order valence-corrected chi connectivity index (χ3v) is 5.54. The van der Waals surface area contributed by atoms with Crippen molar-refractivity contribution in [1.82, 2.24) is 5.32 Å². The number of carboxylic acids is 2. The van der Waals surface area contributed by atoms with Crippen LogP contribution in [0.15, 0.2) is 103 Å². The highest BCUT2D eigenvalue weighted by atomic mass is 16.5. The van der Waals surface area contributed by atoms with Crippen LogP contribution in [0, 0.1) is 0 Å². The zero-order valence-corrected chi connectivity index (χ0v) is 19.7. The van der Waals surface area contributed by atoms with E-state index in [1.165, 1.54) is 17.0 Å². The summed E-state index contributed by atoms with van der Waals surface area (Å²) in [7, 11) is 0. The van der Waals surface area contributed by atoms with Crippen molar-refractivity contribution in [2.45, 2.75) is 13.1 Å². The van der Waals surface area contributed by atoms with Gasteiger partial charge in [0.2, 0.25) is 0 Å². The minimum Gasteiger partial charge on any atom is -0.478 e. The Balaban J connectivity index is 1.53. The quantitative estimate of drug-likeness (QED) is 0.270. The molecule has 0 saturated heterocycles. The number of carbonyl (C=O) groups is 3. The maximum atomic E-state index is 13.3. The molecule has 3 N–H and O–H groups in total. The van der Waals surface area contributed by atoms with E-state index in [4.69, 9.17) is 4.74 Å². The van der Waals surface area contributed by atoms with Crippen LogP contribution in [0.5, 0.6) is 11.5 Å². The van der Waals surface area contributed by atoms with Gasteiger partial charge in [-0.1, -0.05) is 60.7 Å². The second-order valence-electron chi connectivity index (χ2n) is 8.13. The number of para-hydroxylation sites is 1. The first-order chi connectivity index (χ1) is 17.9. The van der Waals surface area contributed by atoms with E-state index in [0.29, 0.717) is 11.5 Å². The number of anilines is 1. The van der Waals surface area contributed by atoms with Gasteiger partial charge in [-0.15, -0.1) is 0 Å². The molecule has 0 aliphatic heterocycles. The van der Waals surface area contributed by atoms with Gasteiger partial charge in [0.05, 0.1) is 23.4 Å². The number of amides is 2. The number of nitrogens with one attached hydrogen (secondary N) is 1. The van der Waals surface area contributed by atoms with Crippen LogP contribution in [0.1, 0.15) is 31.8 Å². The third kappa shape index (κ3) is 6.52. The predicted octanol–water partition coefficient (Wildman–Crippen LogP) is 5.79. The Labute approximate surface area is 213 Å². The van der Waals surface area contributed by atoms with Crippen LogP contribution >= 0.6 is 0 Å². The van der Waals surface area contributed by atoms with Crippen LogP contribution in [0.25, 0.3) is 0 Å². The van der Waals surface area contributed by atoms with Crippen molar-refractivity contribution < 1.29 is 29.3 Å². The van der Waals surface area contributed by atoms with Gasteiger partial charge in [0.15, 0.2) is 0 Å². The predicted molar refractivity (Wildman–Crippen MR) is 138 cm³/mol. The van der Waals surface area contributed by atoms with E-state index >= 15 is 0 Å². The zero-order valence-electron chi connectivity index (χ0n) is 19.7. The van der Waals surface area contributed by atoms with E-state index in [1.54, 1.807) is 12.1 Å². The molecule has 0 aromatic heterocycles. The second kappa shape index (κ2) is 11.5. The van der Waals surface area contributed by atoms with Crippen molar-refractivity contribution in [2.24, 2.45) is 0 Å². The maximum Gasteiger partial charge on any atom is 0.337 e. The lowest BCUT2D eigenvalue weighted by atomic mass is 10.1. The summed E-state index contributed by atoms with van der Waals surface area (Å²) in [4.78, 5) is 37.9. The Morgan fingerprint density at radius 2 is 1.32 bits per heavy atom. The number of rotatable bonds is 9. The highest BCUT2D eigenvalue weighted by molar-refractivity contribution is 6.03. The number of ether oxygens (including phenoxy) is 1. The van der Waals surface area contributed by atoms with Gasteiger partial charge in [0.25, 0.3) is 0 Å².